The predicted octanol–water partition coefficient (Wildman–Crippen LogP) is 3.83. The van der Waals surface area contributed by atoms with Crippen LogP contribution in [0.15, 0.2) is 12.1 Å². The molecule has 0 saturated carbocycles. The highest BCUT2D eigenvalue weighted by Crippen LogP contribution is 2.36. The number of benzene rings is 1. The van der Waals surface area contributed by atoms with E-state index in [9.17, 15) is 4.79 Å². The van der Waals surface area contributed by atoms with Gasteiger partial charge in [0.25, 0.3) is 0 Å². The molecule has 5 nitrogen and oxygen atoms in total. The molecular weight excluding hydrogens is 292 g/mol. The minimum atomic E-state index is -0.323. The Morgan fingerprint density at radius 2 is 2.00 bits per heavy atom. The topological polar surface area (TPSA) is 64.2 Å². The first-order valence-corrected chi connectivity index (χ1v) is 7.62. The first kappa shape index (κ1) is 15.3. The molecule has 2 heterocycles. The van der Waals surface area contributed by atoms with E-state index >= 15 is 0 Å². The van der Waals surface area contributed by atoms with Gasteiger partial charge >= 0.3 is 5.97 Å². The number of aromatic amines is 1. The van der Waals surface area contributed by atoms with Crippen molar-refractivity contribution in [2.45, 2.75) is 27.7 Å². The van der Waals surface area contributed by atoms with Gasteiger partial charge in [0.2, 0.25) is 0 Å². The van der Waals surface area contributed by atoms with E-state index in [1.54, 1.807) is 14.0 Å². The molecule has 0 atom stereocenters. The summed E-state index contributed by atoms with van der Waals surface area (Å²) < 4.78 is 10.7. The number of aromatic nitrogens is 2. The second kappa shape index (κ2) is 5.57. The molecule has 0 fully saturated rings. The number of carbonyl (C=O) groups excluding carboxylic acids is 1. The van der Waals surface area contributed by atoms with E-state index in [0.29, 0.717) is 17.9 Å². The Kier molecular flexibility index (Phi) is 3.72. The Morgan fingerprint density at radius 3 is 2.65 bits per heavy atom. The van der Waals surface area contributed by atoms with Crippen LogP contribution < -0.4 is 4.74 Å². The summed E-state index contributed by atoms with van der Waals surface area (Å²) in [5, 5.41) is 1.94. The summed E-state index contributed by atoms with van der Waals surface area (Å²) in [7, 11) is 1.63. The van der Waals surface area contributed by atoms with Gasteiger partial charge in [-0.05, 0) is 45.4 Å². The first-order valence-electron chi connectivity index (χ1n) is 7.62. The summed E-state index contributed by atoms with van der Waals surface area (Å²) in [6.45, 7) is 8.03. The number of nitrogens with one attached hydrogen (secondary N) is 1. The predicted molar refractivity (Wildman–Crippen MR) is 90.3 cm³/mol. The van der Waals surface area contributed by atoms with E-state index in [2.05, 4.69) is 9.97 Å². The van der Waals surface area contributed by atoms with Gasteiger partial charge in [0.15, 0.2) is 5.75 Å². The molecule has 3 rings (SSSR count). The Hall–Kier alpha value is -2.56. The van der Waals surface area contributed by atoms with Crippen molar-refractivity contribution in [2.24, 2.45) is 0 Å². The van der Waals surface area contributed by atoms with Crippen LogP contribution in [0.1, 0.15) is 34.2 Å². The molecular formula is C18H20N2O3. The summed E-state index contributed by atoms with van der Waals surface area (Å²) in [6, 6.07) is 3.89. The summed E-state index contributed by atoms with van der Waals surface area (Å²) in [5.74, 6) is 0.378. The zero-order valence-electron chi connectivity index (χ0n) is 14.0. The van der Waals surface area contributed by atoms with Crippen molar-refractivity contribution in [3.63, 3.8) is 0 Å². The molecule has 3 aromatic rings. The van der Waals surface area contributed by atoms with Crippen LogP contribution in [0.2, 0.25) is 0 Å². The van der Waals surface area contributed by atoms with Crippen molar-refractivity contribution < 1.29 is 14.3 Å². The number of aryl methyl sites for hydroxylation is 3. The van der Waals surface area contributed by atoms with E-state index in [1.165, 1.54) is 0 Å². The minimum absolute atomic E-state index is 0.323. The van der Waals surface area contributed by atoms with Crippen molar-refractivity contribution >= 4 is 27.8 Å². The SMILES string of the molecule is CCOC(=O)c1cc2cc3c(C)c(C)nc3c(OC)c2[nH]c1C. The monoisotopic (exact) mass is 312 g/mol. The lowest BCUT2D eigenvalue weighted by Crippen LogP contribution is -2.08. The minimum Gasteiger partial charge on any atom is -0.492 e. The number of methoxy groups -OCH3 is 1. The van der Waals surface area contributed by atoms with Crippen LogP contribution >= 0.6 is 0 Å². The third-order valence-corrected chi connectivity index (χ3v) is 4.23. The number of nitrogens with zero attached hydrogens (tertiary/aromatic N) is 1. The van der Waals surface area contributed by atoms with E-state index in [1.807, 2.05) is 32.9 Å². The quantitative estimate of drug-likeness (QED) is 0.747. The summed E-state index contributed by atoms with van der Waals surface area (Å²) in [6.07, 6.45) is 0. The fourth-order valence-electron chi connectivity index (χ4n) is 2.89. The average molecular weight is 312 g/mol. The molecule has 0 spiro atoms. The molecule has 2 aromatic heterocycles. The maximum absolute atomic E-state index is 12.1. The van der Waals surface area contributed by atoms with Gasteiger partial charge in [0, 0.05) is 22.2 Å². The van der Waals surface area contributed by atoms with Gasteiger partial charge < -0.3 is 14.5 Å². The van der Waals surface area contributed by atoms with Crippen molar-refractivity contribution in [3.05, 3.63) is 34.6 Å². The molecule has 1 N–H and O–H groups in total. The fourth-order valence-corrected chi connectivity index (χ4v) is 2.89. The van der Waals surface area contributed by atoms with Crippen LogP contribution in [-0.4, -0.2) is 29.7 Å². The standard InChI is InChI=1S/C18H20N2O3/c1-6-23-18(21)14-8-12-7-13-9(2)10(3)19-16(13)17(22-5)15(12)20-11(14)4/h7-8,20H,6H2,1-5H3. The maximum Gasteiger partial charge on any atom is 0.339 e. The largest absolute Gasteiger partial charge is 0.492 e. The number of H-pyrrole nitrogens is 1. The highest BCUT2D eigenvalue weighted by atomic mass is 16.5. The summed E-state index contributed by atoms with van der Waals surface area (Å²) in [4.78, 5) is 20.0. The first-order chi connectivity index (χ1) is 11.0. The number of ether oxygens (including phenoxy) is 2. The Bertz CT molecular complexity index is 925. The van der Waals surface area contributed by atoms with Crippen LogP contribution in [0.4, 0.5) is 0 Å². The van der Waals surface area contributed by atoms with Crippen molar-refractivity contribution in [1.29, 1.82) is 0 Å². The lowest BCUT2D eigenvalue weighted by Gasteiger charge is -2.12. The molecule has 120 valence electrons. The smallest absolute Gasteiger partial charge is 0.339 e. The molecule has 0 saturated heterocycles. The van der Waals surface area contributed by atoms with Crippen molar-refractivity contribution in [1.82, 2.24) is 9.97 Å². The van der Waals surface area contributed by atoms with Gasteiger partial charge in [-0.3, -0.25) is 0 Å². The van der Waals surface area contributed by atoms with Gasteiger partial charge in [-0.15, -0.1) is 0 Å². The maximum atomic E-state index is 12.1. The van der Waals surface area contributed by atoms with E-state index in [-0.39, 0.29) is 5.97 Å². The summed E-state index contributed by atoms with van der Waals surface area (Å²) >= 11 is 0. The molecule has 0 aliphatic carbocycles. The van der Waals surface area contributed by atoms with E-state index < -0.39 is 0 Å². The molecule has 0 aliphatic heterocycles. The van der Waals surface area contributed by atoms with Crippen LogP contribution in [0.3, 0.4) is 0 Å². The van der Waals surface area contributed by atoms with Crippen molar-refractivity contribution in [2.75, 3.05) is 13.7 Å². The Labute approximate surface area is 134 Å². The number of fused-ring (bicyclic) bond motifs is 2. The summed E-state index contributed by atoms with van der Waals surface area (Å²) in [5.41, 5.74) is 5.07. The van der Waals surface area contributed by atoms with Gasteiger partial charge in [0.1, 0.15) is 5.52 Å². The molecule has 0 aliphatic rings. The van der Waals surface area contributed by atoms with Crippen LogP contribution in [0.25, 0.3) is 21.8 Å². The lowest BCUT2D eigenvalue weighted by atomic mass is 10.0. The molecule has 5 heteroatoms. The van der Waals surface area contributed by atoms with Gasteiger partial charge in [-0.1, -0.05) is 0 Å². The third-order valence-electron chi connectivity index (χ3n) is 4.23. The average Bonchev–Trinajstić information content (AvgIpc) is 2.80. The molecule has 0 unspecified atom stereocenters. The number of pyridine rings is 1. The zero-order valence-corrected chi connectivity index (χ0v) is 14.0. The molecule has 23 heavy (non-hydrogen) atoms. The van der Waals surface area contributed by atoms with Gasteiger partial charge in [-0.2, -0.15) is 0 Å². The molecule has 0 amide bonds. The fraction of sp³-hybridized carbons (Fsp3) is 0.333. The van der Waals surface area contributed by atoms with E-state index in [4.69, 9.17) is 9.47 Å². The number of esters is 1. The number of hydrogen-bond acceptors (Lipinski definition) is 4. The number of carbonyl (C=O) groups is 1. The van der Waals surface area contributed by atoms with Gasteiger partial charge in [-0.25, -0.2) is 9.78 Å². The van der Waals surface area contributed by atoms with Crippen LogP contribution in [-0.2, 0) is 4.74 Å². The molecule has 0 radical (unpaired) electrons. The zero-order chi connectivity index (χ0) is 16.7. The normalized spacial score (nSPS) is 11.2. The Balaban J connectivity index is 2.37. The van der Waals surface area contributed by atoms with E-state index in [0.717, 1.165) is 38.8 Å². The molecule has 1 aromatic carbocycles. The second-order valence-electron chi connectivity index (χ2n) is 5.62. The van der Waals surface area contributed by atoms with Gasteiger partial charge in [0.05, 0.1) is 24.8 Å². The second-order valence-corrected chi connectivity index (χ2v) is 5.62. The number of hydrogen-bond donors (Lipinski definition) is 1. The van der Waals surface area contributed by atoms with Crippen LogP contribution in [0.5, 0.6) is 5.75 Å². The number of rotatable bonds is 3. The van der Waals surface area contributed by atoms with Crippen molar-refractivity contribution in [3.8, 4) is 5.75 Å². The lowest BCUT2D eigenvalue weighted by molar-refractivity contribution is 0.0525. The highest BCUT2D eigenvalue weighted by molar-refractivity contribution is 6.06. The Morgan fingerprint density at radius 1 is 1.26 bits per heavy atom. The molecule has 0 bridgehead atoms. The third kappa shape index (κ3) is 2.32. The highest BCUT2D eigenvalue weighted by Gasteiger charge is 2.18. The van der Waals surface area contributed by atoms with Crippen LogP contribution in [0, 0.1) is 20.8 Å².